The third kappa shape index (κ3) is 2.45. The minimum Gasteiger partial charge on any atom is -0.363 e. The van der Waals surface area contributed by atoms with Gasteiger partial charge in [0.05, 0.1) is 0 Å². The van der Waals surface area contributed by atoms with Gasteiger partial charge < -0.3 is 10.2 Å². The van der Waals surface area contributed by atoms with Crippen molar-refractivity contribution in [2.75, 3.05) is 10.2 Å². The van der Waals surface area contributed by atoms with Crippen molar-refractivity contribution in [3.63, 3.8) is 0 Å². The van der Waals surface area contributed by atoms with E-state index >= 15 is 0 Å². The summed E-state index contributed by atoms with van der Waals surface area (Å²) in [5, 5.41) is 2.83. The Bertz CT molecular complexity index is 607. The molecule has 0 radical (unpaired) electrons. The first kappa shape index (κ1) is 11.8. The van der Waals surface area contributed by atoms with Gasteiger partial charge in [-0.1, -0.05) is 24.3 Å². The number of rotatable bonds is 2. The number of fused-ring (bicyclic) bond motifs is 1. The number of para-hydroxylation sites is 1. The van der Waals surface area contributed by atoms with Crippen LogP contribution >= 0.6 is 0 Å². The van der Waals surface area contributed by atoms with Gasteiger partial charge in [0.25, 0.3) is 0 Å². The molecule has 0 aliphatic carbocycles. The van der Waals surface area contributed by atoms with Crippen molar-refractivity contribution >= 4 is 17.3 Å². The molecule has 3 nitrogen and oxygen atoms in total. The first-order valence-corrected chi connectivity index (χ1v) is 6.42. The molecule has 1 amide bonds. The SMILES string of the molecule is CC(=O)Nc1ccc2c(c1)CN(c1ccccc1)C2. The molecule has 0 atom stereocenters. The van der Waals surface area contributed by atoms with Gasteiger partial charge in [0.15, 0.2) is 0 Å². The highest BCUT2D eigenvalue weighted by Crippen LogP contribution is 2.29. The Morgan fingerprint density at radius 3 is 2.53 bits per heavy atom. The van der Waals surface area contributed by atoms with Crippen LogP contribution in [0.4, 0.5) is 11.4 Å². The van der Waals surface area contributed by atoms with Crippen LogP contribution in [-0.4, -0.2) is 5.91 Å². The third-order valence-corrected chi connectivity index (χ3v) is 3.37. The van der Waals surface area contributed by atoms with E-state index < -0.39 is 0 Å². The molecule has 0 saturated heterocycles. The van der Waals surface area contributed by atoms with Crippen molar-refractivity contribution < 1.29 is 4.79 Å². The number of carbonyl (C=O) groups is 1. The quantitative estimate of drug-likeness (QED) is 0.890. The molecule has 0 saturated carbocycles. The average Bonchev–Trinajstić information content (AvgIpc) is 2.82. The van der Waals surface area contributed by atoms with E-state index in [1.54, 1.807) is 0 Å². The summed E-state index contributed by atoms with van der Waals surface area (Å²) in [4.78, 5) is 13.4. The summed E-state index contributed by atoms with van der Waals surface area (Å²) in [7, 11) is 0. The van der Waals surface area contributed by atoms with Crippen LogP contribution in [-0.2, 0) is 17.9 Å². The van der Waals surface area contributed by atoms with Gasteiger partial charge in [-0.3, -0.25) is 4.79 Å². The second-order valence-corrected chi connectivity index (χ2v) is 4.86. The summed E-state index contributed by atoms with van der Waals surface area (Å²) < 4.78 is 0. The molecule has 2 aromatic carbocycles. The summed E-state index contributed by atoms with van der Waals surface area (Å²) >= 11 is 0. The number of carbonyl (C=O) groups excluding carboxylic acids is 1. The molecule has 1 heterocycles. The first-order valence-electron chi connectivity index (χ1n) is 6.42. The maximum Gasteiger partial charge on any atom is 0.221 e. The fraction of sp³-hybridized carbons (Fsp3) is 0.188. The Morgan fingerprint density at radius 1 is 1.05 bits per heavy atom. The van der Waals surface area contributed by atoms with Crippen LogP contribution in [0.5, 0.6) is 0 Å². The van der Waals surface area contributed by atoms with Crippen molar-refractivity contribution in [3.05, 3.63) is 59.7 Å². The number of amides is 1. The van der Waals surface area contributed by atoms with Crippen LogP contribution in [0.25, 0.3) is 0 Å². The zero-order chi connectivity index (χ0) is 13.2. The van der Waals surface area contributed by atoms with Crippen molar-refractivity contribution in [3.8, 4) is 0 Å². The van der Waals surface area contributed by atoms with Gasteiger partial charge in [-0.05, 0) is 35.4 Å². The maximum atomic E-state index is 11.1. The molecule has 19 heavy (non-hydrogen) atoms. The van der Waals surface area contributed by atoms with Gasteiger partial charge in [0, 0.05) is 31.4 Å². The topological polar surface area (TPSA) is 32.3 Å². The van der Waals surface area contributed by atoms with Crippen LogP contribution in [0.2, 0.25) is 0 Å². The summed E-state index contributed by atoms with van der Waals surface area (Å²) in [6.45, 7) is 3.36. The van der Waals surface area contributed by atoms with Crippen LogP contribution < -0.4 is 10.2 Å². The number of hydrogen-bond donors (Lipinski definition) is 1. The van der Waals surface area contributed by atoms with E-state index in [4.69, 9.17) is 0 Å². The minimum absolute atomic E-state index is 0.0298. The maximum absolute atomic E-state index is 11.1. The molecular weight excluding hydrogens is 236 g/mol. The third-order valence-electron chi connectivity index (χ3n) is 3.37. The second kappa shape index (κ2) is 4.76. The summed E-state index contributed by atoms with van der Waals surface area (Å²) in [5.41, 5.74) is 4.73. The molecule has 3 heteroatoms. The van der Waals surface area contributed by atoms with Gasteiger partial charge in [0.2, 0.25) is 5.91 Å². The van der Waals surface area contributed by atoms with Crippen molar-refractivity contribution in [1.29, 1.82) is 0 Å². The van der Waals surface area contributed by atoms with E-state index in [1.165, 1.54) is 23.7 Å². The van der Waals surface area contributed by atoms with E-state index in [9.17, 15) is 4.79 Å². The molecule has 1 aliphatic rings. The Balaban J connectivity index is 1.82. The zero-order valence-corrected chi connectivity index (χ0v) is 10.9. The number of anilines is 2. The normalized spacial score (nSPS) is 13.2. The lowest BCUT2D eigenvalue weighted by Gasteiger charge is -2.17. The zero-order valence-electron chi connectivity index (χ0n) is 10.9. The van der Waals surface area contributed by atoms with Crippen molar-refractivity contribution in [2.45, 2.75) is 20.0 Å². The van der Waals surface area contributed by atoms with Gasteiger partial charge in [-0.15, -0.1) is 0 Å². The molecule has 0 unspecified atom stereocenters. The fourth-order valence-corrected chi connectivity index (χ4v) is 2.50. The number of benzene rings is 2. The van der Waals surface area contributed by atoms with E-state index in [0.717, 1.165) is 18.8 Å². The average molecular weight is 252 g/mol. The Morgan fingerprint density at radius 2 is 1.79 bits per heavy atom. The Kier molecular flexibility index (Phi) is 2.95. The highest BCUT2D eigenvalue weighted by atomic mass is 16.1. The molecule has 2 aromatic rings. The molecule has 0 bridgehead atoms. The fourth-order valence-electron chi connectivity index (χ4n) is 2.50. The summed E-state index contributed by atoms with van der Waals surface area (Å²) in [6, 6.07) is 16.5. The van der Waals surface area contributed by atoms with Gasteiger partial charge >= 0.3 is 0 Å². The summed E-state index contributed by atoms with van der Waals surface area (Å²) in [6.07, 6.45) is 0. The highest BCUT2D eigenvalue weighted by molar-refractivity contribution is 5.88. The van der Waals surface area contributed by atoms with Gasteiger partial charge in [0.1, 0.15) is 0 Å². The van der Waals surface area contributed by atoms with E-state index in [-0.39, 0.29) is 5.91 Å². The van der Waals surface area contributed by atoms with E-state index in [1.807, 2.05) is 12.1 Å². The lowest BCUT2D eigenvalue weighted by Crippen LogP contribution is -2.13. The standard InChI is InChI=1S/C16H16N2O/c1-12(19)17-15-8-7-13-10-18(11-14(13)9-15)16-5-3-2-4-6-16/h2-9H,10-11H2,1H3,(H,17,19). The highest BCUT2D eigenvalue weighted by Gasteiger charge is 2.19. The van der Waals surface area contributed by atoms with Crippen LogP contribution in [0, 0.1) is 0 Å². The monoisotopic (exact) mass is 252 g/mol. The van der Waals surface area contributed by atoms with Gasteiger partial charge in [-0.25, -0.2) is 0 Å². The number of nitrogens with one attached hydrogen (secondary N) is 1. The van der Waals surface area contributed by atoms with Crippen LogP contribution in [0.1, 0.15) is 18.1 Å². The number of nitrogens with zero attached hydrogens (tertiary/aromatic N) is 1. The van der Waals surface area contributed by atoms with Crippen molar-refractivity contribution in [1.82, 2.24) is 0 Å². The molecule has 0 fully saturated rings. The first-order chi connectivity index (χ1) is 9.22. The predicted molar refractivity (Wildman–Crippen MR) is 77.1 cm³/mol. The molecule has 1 N–H and O–H groups in total. The molecule has 3 rings (SSSR count). The Labute approximate surface area is 112 Å². The smallest absolute Gasteiger partial charge is 0.221 e. The van der Waals surface area contributed by atoms with Gasteiger partial charge in [-0.2, -0.15) is 0 Å². The Hall–Kier alpha value is -2.29. The summed E-state index contributed by atoms with van der Waals surface area (Å²) in [5.74, 6) is -0.0298. The van der Waals surface area contributed by atoms with Crippen LogP contribution in [0.15, 0.2) is 48.5 Å². The number of hydrogen-bond acceptors (Lipinski definition) is 2. The molecule has 0 aromatic heterocycles. The van der Waals surface area contributed by atoms with E-state index in [2.05, 4.69) is 46.6 Å². The second-order valence-electron chi connectivity index (χ2n) is 4.86. The molecule has 96 valence electrons. The molecular formula is C16H16N2O. The molecule has 1 aliphatic heterocycles. The minimum atomic E-state index is -0.0298. The largest absolute Gasteiger partial charge is 0.363 e. The van der Waals surface area contributed by atoms with Crippen molar-refractivity contribution in [2.24, 2.45) is 0 Å². The molecule has 0 spiro atoms. The van der Waals surface area contributed by atoms with Crippen LogP contribution in [0.3, 0.4) is 0 Å². The van der Waals surface area contributed by atoms with E-state index in [0.29, 0.717) is 0 Å². The lowest BCUT2D eigenvalue weighted by atomic mass is 10.1. The lowest BCUT2D eigenvalue weighted by molar-refractivity contribution is -0.114. The predicted octanol–water partition coefficient (Wildman–Crippen LogP) is 3.17.